The number of hydrogen-bond acceptors (Lipinski definition) is 3. The minimum absolute atomic E-state index is 0.205. The molecule has 0 saturated heterocycles. The smallest absolute Gasteiger partial charge is 0.227 e. The third-order valence-electron chi connectivity index (χ3n) is 1.56. The first kappa shape index (κ1) is 5.91. The van der Waals surface area contributed by atoms with Crippen LogP contribution in [0.3, 0.4) is 0 Å². The van der Waals surface area contributed by atoms with Crippen molar-refractivity contribution in [1.29, 1.82) is 0 Å². The first-order valence-corrected chi connectivity index (χ1v) is 4.59. The predicted octanol–water partition coefficient (Wildman–Crippen LogP) is -0.330. The molecule has 1 aliphatic rings. The van der Waals surface area contributed by atoms with E-state index in [0.717, 1.165) is 0 Å². The molecule has 0 saturated carbocycles. The van der Waals surface area contributed by atoms with Crippen LogP contribution >= 0.6 is 0 Å². The second-order valence-corrected chi connectivity index (χ2v) is 4.22. The van der Waals surface area contributed by atoms with Gasteiger partial charge in [0.15, 0.2) is 0 Å². The van der Waals surface area contributed by atoms with Gasteiger partial charge in [-0.25, -0.2) is 13.4 Å². The summed E-state index contributed by atoms with van der Waals surface area (Å²) in [5, 5.41) is 0.215. The highest BCUT2D eigenvalue weighted by Crippen LogP contribution is 2.15. The zero-order chi connectivity index (χ0) is 7.19. The molecule has 0 unspecified atom stereocenters. The van der Waals surface area contributed by atoms with E-state index in [-0.39, 0.29) is 10.9 Å². The number of aromatic nitrogens is 2. The van der Waals surface area contributed by atoms with Crippen molar-refractivity contribution in [3.8, 4) is 0 Å². The van der Waals surface area contributed by atoms with Crippen molar-refractivity contribution in [2.75, 3.05) is 5.75 Å². The maximum Gasteiger partial charge on any atom is 0.227 e. The van der Waals surface area contributed by atoms with Gasteiger partial charge in [-0.2, -0.15) is 0 Å². The summed E-state index contributed by atoms with van der Waals surface area (Å²) in [6, 6.07) is 0. The number of imidazole rings is 1. The molecule has 10 heavy (non-hydrogen) atoms. The van der Waals surface area contributed by atoms with Crippen LogP contribution in [0.1, 0.15) is 0 Å². The summed E-state index contributed by atoms with van der Waals surface area (Å²) in [6.07, 6.45) is 3.19. The average Bonchev–Trinajstić information content (AvgIpc) is 2.36. The molecule has 1 aromatic rings. The average molecular weight is 158 g/mol. The van der Waals surface area contributed by atoms with Gasteiger partial charge in [0.1, 0.15) is 0 Å². The Bertz CT molecular complexity index is 351. The van der Waals surface area contributed by atoms with Gasteiger partial charge in [-0.1, -0.05) is 0 Å². The van der Waals surface area contributed by atoms with Crippen LogP contribution in [0, 0.1) is 0 Å². The first-order chi connectivity index (χ1) is 4.70. The van der Waals surface area contributed by atoms with Crippen LogP contribution in [-0.4, -0.2) is 23.7 Å². The normalized spacial score (nSPS) is 20.8. The minimum Gasteiger partial charge on any atom is -0.321 e. The summed E-state index contributed by atoms with van der Waals surface area (Å²) >= 11 is 0. The SMILES string of the molecule is O=S1(=O)CCn2ccnc21. The monoisotopic (exact) mass is 158 g/mol. The lowest BCUT2D eigenvalue weighted by Gasteiger charge is -1.86. The van der Waals surface area contributed by atoms with Crippen molar-refractivity contribution in [1.82, 2.24) is 9.55 Å². The van der Waals surface area contributed by atoms with E-state index in [4.69, 9.17) is 0 Å². The van der Waals surface area contributed by atoms with Gasteiger partial charge in [-0.15, -0.1) is 0 Å². The van der Waals surface area contributed by atoms with Crippen LogP contribution in [0.4, 0.5) is 0 Å². The molecule has 0 aromatic carbocycles. The van der Waals surface area contributed by atoms with Gasteiger partial charge in [-0.3, -0.25) is 0 Å². The number of fused-ring (bicyclic) bond motifs is 1. The van der Waals surface area contributed by atoms with Crippen LogP contribution < -0.4 is 0 Å². The molecule has 1 aliphatic heterocycles. The van der Waals surface area contributed by atoms with Crippen LogP contribution in [-0.2, 0) is 16.4 Å². The zero-order valence-electron chi connectivity index (χ0n) is 5.19. The minimum atomic E-state index is -3.01. The van der Waals surface area contributed by atoms with Gasteiger partial charge in [0.2, 0.25) is 15.0 Å². The summed E-state index contributed by atoms with van der Waals surface area (Å²) in [7, 11) is -3.01. The third kappa shape index (κ3) is 0.607. The van der Waals surface area contributed by atoms with Crippen molar-refractivity contribution in [3.05, 3.63) is 12.4 Å². The largest absolute Gasteiger partial charge is 0.321 e. The summed E-state index contributed by atoms with van der Waals surface area (Å²) in [6.45, 7) is 0.553. The Morgan fingerprint density at radius 2 is 2.40 bits per heavy atom. The van der Waals surface area contributed by atoms with E-state index in [0.29, 0.717) is 6.54 Å². The van der Waals surface area contributed by atoms with E-state index in [2.05, 4.69) is 4.98 Å². The number of aryl methyl sites for hydroxylation is 1. The maximum atomic E-state index is 11.0. The Hall–Kier alpha value is -0.840. The fraction of sp³-hybridized carbons (Fsp3) is 0.400. The molecular formula is C5H6N2O2S. The highest BCUT2D eigenvalue weighted by molar-refractivity contribution is 7.91. The van der Waals surface area contributed by atoms with Gasteiger partial charge in [-0.05, 0) is 0 Å². The highest BCUT2D eigenvalue weighted by Gasteiger charge is 2.26. The molecule has 0 atom stereocenters. The van der Waals surface area contributed by atoms with Gasteiger partial charge < -0.3 is 4.57 Å². The Labute approximate surface area is 58.4 Å². The van der Waals surface area contributed by atoms with Crippen LogP contribution in [0.25, 0.3) is 0 Å². The van der Waals surface area contributed by atoms with Crippen LogP contribution in [0.5, 0.6) is 0 Å². The fourth-order valence-electron chi connectivity index (χ4n) is 1.05. The molecule has 5 heteroatoms. The van der Waals surface area contributed by atoms with E-state index in [9.17, 15) is 8.42 Å². The second kappa shape index (κ2) is 1.60. The summed E-state index contributed by atoms with van der Waals surface area (Å²) in [4.78, 5) is 3.72. The van der Waals surface area contributed by atoms with Gasteiger partial charge in [0, 0.05) is 18.9 Å². The number of sulfone groups is 1. The maximum absolute atomic E-state index is 11.0. The summed E-state index contributed by atoms with van der Waals surface area (Å²) < 4.78 is 23.7. The van der Waals surface area contributed by atoms with Gasteiger partial charge in [0.25, 0.3) is 0 Å². The van der Waals surface area contributed by atoms with Gasteiger partial charge in [0.05, 0.1) is 5.75 Å². The number of nitrogens with zero attached hydrogens (tertiary/aromatic N) is 2. The molecule has 4 nitrogen and oxygen atoms in total. The van der Waals surface area contributed by atoms with Crippen molar-refractivity contribution >= 4 is 9.84 Å². The molecule has 1 aromatic heterocycles. The molecule has 54 valence electrons. The van der Waals surface area contributed by atoms with E-state index in [1.54, 1.807) is 10.8 Å². The first-order valence-electron chi connectivity index (χ1n) is 2.94. The predicted molar refractivity (Wildman–Crippen MR) is 34.3 cm³/mol. The molecule has 2 rings (SSSR count). The van der Waals surface area contributed by atoms with Gasteiger partial charge >= 0.3 is 0 Å². The molecule has 0 amide bonds. The van der Waals surface area contributed by atoms with Crippen molar-refractivity contribution in [2.24, 2.45) is 0 Å². The molecule has 0 fully saturated rings. The molecule has 2 heterocycles. The molecule has 0 N–H and O–H groups in total. The Morgan fingerprint density at radius 3 is 3.10 bits per heavy atom. The molecule has 0 aliphatic carbocycles. The molecule has 0 bridgehead atoms. The van der Waals surface area contributed by atoms with Crippen LogP contribution in [0.2, 0.25) is 0 Å². The fourth-order valence-corrected chi connectivity index (χ4v) is 2.40. The zero-order valence-corrected chi connectivity index (χ0v) is 6.00. The second-order valence-electron chi connectivity index (χ2n) is 2.22. The number of rotatable bonds is 0. The van der Waals surface area contributed by atoms with E-state index < -0.39 is 9.84 Å². The lowest BCUT2D eigenvalue weighted by Crippen LogP contribution is -1.99. The molecule has 0 spiro atoms. The topological polar surface area (TPSA) is 52.0 Å². The summed E-state index contributed by atoms with van der Waals surface area (Å²) in [5.74, 6) is 0.205. The van der Waals surface area contributed by atoms with Crippen molar-refractivity contribution in [2.45, 2.75) is 11.7 Å². The quantitative estimate of drug-likeness (QED) is 0.519. The van der Waals surface area contributed by atoms with Crippen molar-refractivity contribution in [3.63, 3.8) is 0 Å². The van der Waals surface area contributed by atoms with E-state index in [1.165, 1.54) is 6.20 Å². The lowest BCUT2D eigenvalue weighted by molar-refractivity contribution is 0.594. The molecule has 0 radical (unpaired) electrons. The van der Waals surface area contributed by atoms with Crippen molar-refractivity contribution < 1.29 is 8.42 Å². The Balaban J connectivity index is 2.76. The standard InChI is InChI=1S/C5H6N2O2S/c8-10(9)4-3-7-2-1-6-5(7)10/h1-2H,3-4H2. The lowest BCUT2D eigenvalue weighted by atomic mass is 10.7. The van der Waals surface area contributed by atoms with E-state index >= 15 is 0 Å². The van der Waals surface area contributed by atoms with Crippen LogP contribution in [0.15, 0.2) is 17.6 Å². The molecular weight excluding hydrogens is 152 g/mol. The number of hydrogen-bond donors (Lipinski definition) is 0. The van der Waals surface area contributed by atoms with E-state index in [1.807, 2.05) is 0 Å². The highest BCUT2D eigenvalue weighted by atomic mass is 32.2. The summed E-state index contributed by atoms with van der Waals surface area (Å²) in [5.41, 5.74) is 0. The third-order valence-corrected chi connectivity index (χ3v) is 3.17. The Kier molecular flexibility index (Phi) is 0.947. The Morgan fingerprint density at radius 1 is 1.60 bits per heavy atom.